The van der Waals surface area contributed by atoms with Crippen LogP contribution < -0.4 is 0 Å². The minimum absolute atomic E-state index is 0.0960. The second-order valence-corrected chi connectivity index (χ2v) is 8.03. The van der Waals surface area contributed by atoms with Crippen LogP contribution >= 0.6 is 0 Å². The van der Waals surface area contributed by atoms with Gasteiger partial charge in [-0.15, -0.1) is 5.06 Å². The summed E-state index contributed by atoms with van der Waals surface area (Å²) in [7, 11) is 0. The summed E-state index contributed by atoms with van der Waals surface area (Å²) in [5.41, 5.74) is 5.79. The number of nitrogens with zero attached hydrogens (tertiary/aromatic N) is 4. The Balaban J connectivity index is 1.32. The maximum atomic E-state index is 12.3. The van der Waals surface area contributed by atoms with Gasteiger partial charge in [0.25, 0.3) is 11.8 Å². The second-order valence-electron chi connectivity index (χ2n) is 8.03. The Labute approximate surface area is 181 Å². The van der Waals surface area contributed by atoms with Crippen LogP contribution in [0.2, 0.25) is 0 Å². The van der Waals surface area contributed by atoms with Crippen molar-refractivity contribution in [2.75, 3.05) is 26.2 Å². The topological polar surface area (TPSA) is 83.0 Å². The van der Waals surface area contributed by atoms with Gasteiger partial charge in [-0.05, 0) is 48.2 Å². The van der Waals surface area contributed by atoms with Gasteiger partial charge in [0, 0.05) is 57.5 Å². The molecule has 2 aliphatic rings. The predicted octanol–water partition coefficient (Wildman–Crippen LogP) is 2.68. The van der Waals surface area contributed by atoms with Gasteiger partial charge < -0.3 is 9.74 Å². The first-order chi connectivity index (χ1) is 14.9. The molecule has 3 heterocycles. The molecule has 2 aliphatic heterocycles. The van der Waals surface area contributed by atoms with Crippen LogP contribution in [0.5, 0.6) is 0 Å². The number of aromatic nitrogens is 1. The van der Waals surface area contributed by atoms with Gasteiger partial charge in [0.05, 0.1) is 0 Å². The van der Waals surface area contributed by atoms with E-state index in [0.717, 1.165) is 17.8 Å². The van der Waals surface area contributed by atoms with Crippen LogP contribution in [0, 0.1) is 13.8 Å². The Morgan fingerprint density at radius 1 is 0.968 bits per heavy atom. The molecule has 8 heteroatoms. The van der Waals surface area contributed by atoms with Crippen molar-refractivity contribution < 1.29 is 19.2 Å². The average Bonchev–Trinajstić information content (AvgIpc) is 3.07. The van der Waals surface area contributed by atoms with E-state index in [1.165, 1.54) is 21.6 Å². The van der Waals surface area contributed by atoms with Crippen LogP contribution in [-0.4, -0.2) is 63.9 Å². The third kappa shape index (κ3) is 4.74. The number of carbonyl (C=O) groups is 3. The number of hydrogen-bond donors (Lipinski definition) is 0. The van der Waals surface area contributed by atoms with Crippen molar-refractivity contribution in [3.8, 4) is 11.1 Å². The van der Waals surface area contributed by atoms with Gasteiger partial charge in [-0.25, -0.2) is 4.79 Å². The fourth-order valence-corrected chi connectivity index (χ4v) is 3.90. The van der Waals surface area contributed by atoms with Gasteiger partial charge in [0.15, 0.2) is 0 Å². The van der Waals surface area contributed by atoms with Gasteiger partial charge >= 0.3 is 6.09 Å². The van der Waals surface area contributed by atoms with Crippen LogP contribution in [0.3, 0.4) is 0 Å². The molecule has 0 saturated carbocycles. The van der Waals surface area contributed by atoms with Crippen LogP contribution in [0.4, 0.5) is 4.79 Å². The first-order valence-corrected chi connectivity index (χ1v) is 10.5. The minimum atomic E-state index is -0.642. The van der Waals surface area contributed by atoms with E-state index in [4.69, 9.17) is 4.84 Å². The summed E-state index contributed by atoms with van der Waals surface area (Å²) in [6.45, 7) is 7.27. The Bertz CT molecular complexity index is 998. The number of benzene rings is 1. The fourth-order valence-electron chi connectivity index (χ4n) is 3.90. The molecular weight excluding hydrogens is 396 g/mol. The Kier molecular flexibility index (Phi) is 5.99. The molecular formula is C23H26N4O4. The molecule has 2 fully saturated rings. The monoisotopic (exact) mass is 422 g/mol. The van der Waals surface area contributed by atoms with E-state index < -0.39 is 17.9 Å². The Hall–Kier alpha value is -3.26. The summed E-state index contributed by atoms with van der Waals surface area (Å²) in [5.74, 6) is -0.921. The number of hydroxylamine groups is 2. The first-order valence-electron chi connectivity index (χ1n) is 10.5. The maximum Gasteiger partial charge on any atom is 0.434 e. The highest BCUT2D eigenvalue weighted by molar-refractivity contribution is 6.01. The normalized spacial score (nSPS) is 17.4. The summed E-state index contributed by atoms with van der Waals surface area (Å²) in [4.78, 5) is 48.6. The highest BCUT2D eigenvalue weighted by Crippen LogP contribution is 2.24. The summed E-state index contributed by atoms with van der Waals surface area (Å²) in [6.07, 6.45) is 1.38. The third-order valence-corrected chi connectivity index (χ3v) is 5.77. The van der Waals surface area contributed by atoms with Gasteiger partial charge in [-0.1, -0.05) is 18.2 Å². The zero-order valence-corrected chi connectivity index (χ0v) is 17.8. The van der Waals surface area contributed by atoms with Crippen molar-refractivity contribution in [3.05, 3.63) is 53.3 Å². The molecule has 0 spiro atoms. The molecule has 2 saturated heterocycles. The molecule has 162 valence electrons. The summed E-state index contributed by atoms with van der Waals surface area (Å²) in [6, 6.07) is 10.6. The molecule has 0 aliphatic carbocycles. The summed E-state index contributed by atoms with van der Waals surface area (Å²) in [5, 5.41) is 0.601. The van der Waals surface area contributed by atoms with Gasteiger partial charge in [0.1, 0.15) is 0 Å². The van der Waals surface area contributed by atoms with Crippen molar-refractivity contribution in [1.82, 2.24) is 19.8 Å². The largest absolute Gasteiger partial charge is 0.434 e. The second kappa shape index (κ2) is 8.85. The minimum Gasteiger partial charge on any atom is -0.311 e. The Morgan fingerprint density at radius 2 is 1.65 bits per heavy atom. The van der Waals surface area contributed by atoms with Crippen LogP contribution in [0.1, 0.15) is 29.7 Å². The van der Waals surface area contributed by atoms with Crippen LogP contribution in [0.15, 0.2) is 36.5 Å². The van der Waals surface area contributed by atoms with E-state index in [9.17, 15) is 14.4 Å². The van der Waals surface area contributed by atoms with E-state index in [-0.39, 0.29) is 12.8 Å². The van der Waals surface area contributed by atoms with E-state index in [0.29, 0.717) is 31.2 Å². The lowest BCUT2D eigenvalue weighted by atomic mass is 9.99. The maximum absolute atomic E-state index is 12.3. The molecule has 0 atom stereocenters. The zero-order valence-electron chi connectivity index (χ0n) is 17.8. The lowest BCUT2D eigenvalue weighted by Crippen LogP contribution is -2.50. The van der Waals surface area contributed by atoms with Crippen LogP contribution in [-0.2, 0) is 21.0 Å². The number of amides is 3. The standard InChI is InChI=1S/C23H26N4O4/c1-16-13-18(19-7-8-24-17(2)14-19)3-4-20(16)15-25-9-11-26(12-10-25)23(30)31-27-21(28)5-6-22(27)29/h3-4,7-8,13-14H,5-6,9-12,15H2,1-2H3. The fraction of sp³-hybridized carbons (Fsp3) is 0.391. The molecule has 0 bridgehead atoms. The van der Waals surface area contributed by atoms with E-state index >= 15 is 0 Å². The molecule has 4 rings (SSSR count). The predicted molar refractivity (Wildman–Crippen MR) is 114 cm³/mol. The molecule has 0 N–H and O–H groups in total. The highest BCUT2D eigenvalue weighted by atomic mass is 16.7. The van der Waals surface area contributed by atoms with Crippen LogP contribution in [0.25, 0.3) is 11.1 Å². The van der Waals surface area contributed by atoms with E-state index in [2.05, 4.69) is 41.1 Å². The third-order valence-electron chi connectivity index (χ3n) is 5.77. The molecule has 1 aromatic carbocycles. The number of piperazine rings is 1. The van der Waals surface area contributed by atoms with Gasteiger partial charge in [-0.3, -0.25) is 19.5 Å². The van der Waals surface area contributed by atoms with Crippen molar-refractivity contribution >= 4 is 17.9 Å². The highest BCUT2D eigenvalue weighted by Gasteiger charge is 2.34. The number of imide groups is 1. The number of hydrogen-bond acceptors (Lipinski definition) is 6. The molecule has 1 aromatic heterocycles. The summed E-state index contributed by atoms with van der Waals surface area (Å²) >= 11 is 0. The van der Waals surface area contributed by atoms with E-state index in [1.807, 2.05) is 19.2 Å². The Morgan fingerprint density at radius 3 is 2.29 bits per heavy atom. The number of carbonyl (C=O) groups excluding carboxylic acids is 3. The van der Waals surface area contributed by atoms with Crippen molar-refractivity contribution in [3.63, 3.8) is 0 Å². The quantitative estimate of drug-likeness (QED) is 0.705. The zero-order chi connectivity index (χ0) is 22.0. The number of pyridine rings is 1. The first kappa shape index (κ1) is 21.0. The lowest BCUT2D eigenvalue weighted by molar-refractivity contribution is -0.174. The molecule has 2 aromatic rings. The molecule has 31 heavy (non-hydrogen) atoms. The SMILES string of the molecule is Cc1cc(-c2ccc(CN3CCN(C(=O)ON4C(=O)CCC4=O)CC3)c(C)c2)ccn1. The van der Waals surface area contributed by atoms with Crippen molar-refractivity contribution in [2.24, 2.45) is 0 Å². The van der Waals surface area contributed by atoms with Gasteiger partial charge in [-0.2, -0.15) is 0 Å². The number of rotatable bonds is 4. The van der Waals surface area contributed by atoms with Crippen molar-refractivity contribution in [2.45, 2.75) is 33.2 Å². The van der Waals surface area contributed by atoms with Crippen molar-refractivity contribution in [1.29, 1.82) is 0 Å². The van der Waals surface area contributed by atoms with Gasteiger partial charge in [0.2, 0.25) is 0 Å². The molecule has 3 amide bonds. The smallest absolute Gasteiger partial charge is 0.311 e. The molecule has 0 unspecified atom stereocenters. The molecule has 0 radical (unpaired) electrons. The lowest BCUT2D eigenvalue weighted by Gasteiger charge is -2.34. The van der Waals surface area contributed by atoms with E-state index in [1.54, 1.807) is 0 Å². The number of aryl methyl sites for hydroxylation is 2. The average molecular weight is 422 g/mol. The summed E-state index contributed by atoms with van der Waals surface area (Å²) < 4.78 is 0. The molecule has 8 nitrogen and oxygen atoms in total.